The maximum Gasteiger partial charge on any atom is 0.266 e. The van der Waals surface area contributed by atoms with Crippen LogP contribution < -0.4 is 0 Å². The van der Waals surface area contributed by atoms with Gasteiger partial charge in [-0.2, -0.15) is 9.40 Å². The Balaban J connectivity index is 1.60. The summed E-state index contributed by atoms with van der Waals surface area (Å²) >= 11 is 6.61. The van der Waals surface area contributed by atoms with Crippen molar-refractivity contribution in [3.63, 3.8) is 0 Å². The summed E-state index contributed by atoms with van der Waals surface area (Å²) in [5, 5.41) is 4.79. The van der Waals surface area contributed by atoms with E-state index in [1.165, 1.54) is 21.0 Å². The normalized spacial score (nSPS) is 17.9. The molecule has 3 aromatic rings. The van der Waals surface area contributed by atoms with Crippen molar-refractivity contribution >= 4 is 50.3 Å². The van der Waals surface area contributed by atoms with Gasteiger partial charge in [0, 0.05) is 37.0 Å². The molecule has 184 valence electrons. The first kappa shape index (κ1) is 24.6. The van der Waals surface area contributed by atoms with Crippen LogP contribution in [0.5, 0.6) is 0 Å². The van der Waals surface area contributed by atoms with Gasteiger partial charge in [-0.15, -0.1) is 6.58 Å². The van der Waals surface area contributed by atoms with E-state index < -0.39 is 10.0 Å². The molecule has 0 N–H and O–H groups in total. The van der Waals surface area contributed by atoms with Crippen LogP contribution in [0.1, 0.15) is 18.4 Å². The summed E-state index contributed by atoms with van der Waals surface area (Å²) in [7, 11) is -3.59. The van der Waals surface area contributed by atoms with E-state index in [0.717, 1.165) is 18.5 Å². The molecule has 5 rings (SSSR count). The van der Waals surface area contributed by atoms with Gasteiger partial charge in [0.05, 0.1) is 15.5 Å². The maximum atomic E-state index is 13.2. The lowest BCUT2D eigenvalue weighted by Crippen LogP contribution is -2.27. The molecule has 0 radical (unpaired) electrons. The summed E-state index contributed by atoms with van der Waals surface area (Å²) in [5.41, 5.74) is 2.76. The Labute approximate surface area is 220 Å². The highest BCUT2D eigenvalue weighted by Crippen LogP contribution is 2.35. The first-order valence-corrected chi connectivity index (χ1v) is 14.2. The highest BCUT2D eigenvalue weighted by Gasteiger charge is 2.32. The van der Waals surface area contributed by atoms with Crippen molar-refractivity contribution in [2.75, 3.05) is 19.6 Å². The molecule has 36 heavy (non-hydrogen) atoms. The average molecular weight is 537 g/mol. The fourth-order valence-electron chi connectivity index (χ4n) is 4.24. The lowest BCUT2D eigenvalue weighted by molar-refractivity contribution is -0.121. The second-order valence-electron chi connectivity index (χ2n) is 8.43. The van der Waals surface area contributed by atoms with Gasteiger partial charge in [-0.3, -0.25) is 9.69 Å². The summed E-state index contributed by atoms with van der Waals surface area (Å²) in [6.07, 6.45) is 6.99. The van der Waals surface area contributed by atoms with Crippen molar-refractivity contribution in [2.45, 2.75) is 17.7 Å². The van der Waals surface area contributed by atoms with E-state index in [9.17, 15) is 13.2 Å². The molecule has 0 bridgehead atoms. The minimum Gasteiger partial charge on any atom is -0.289 e. The summed E-state index contributed by atoms with van der Waals surface area (Å²) in [6, 6.07) is 16.5. The molecule has 0 unspecified atom stereocenters. The van der Waals surface area contributed by atoms with Crippen LogP contribution in [0.15, 0.2) is 83.2 Å². The molecule has 2 fully saturated rings. The number of rotatable bonds is 7. The molecule has 1 aromatic heterocycles. The van der Waals surface area contributed by atoms with Crippen LogP contribution in [0.4, 0.5) is 0 Å². The number of hydrogen-bond donors (Lipinski definition) is 0. The van der Waals surface area contributed by atoms with Gasteiger partial charge in [-0.1, -0.05) is 60.4 Å². The number of thiocarbonyl (C=S) groups is 1. The Morgan fingerprint density at radius 1 is 1.08 bits per heavy atom. The molecule has 2 aliphatic heterocycles. The molecule has 0 saturated carbocycles. The van der Waals surface area contributed by atoms with Crippen LogP contribution in [-0.4, -0.2) is 57.3 Å². The Hall–Kier alpha value is -3.05. The number of sulfonamides is 1. The van der Waals surface area contributed by atoms with E-state index in [2.05, 4.69) is 6.58 Å². The van der Waals surface area contributed by atoms with Crippen molar-refractivity contribution in [3.8, 4) is 16.9 Å². The van der Waals surface area contributed by atoms with Gasteiger partial charge >= 0.3 is 0 Å². The van der Waals surface area contributed by atoms with E-state index >= 15 is 0 Å². The van der Waals surface area contributed by atoms with Crippen LogP contribution in [0, 0.1) is 0 Å². The van der Waals surface area contributed by atoms with Crippen LogP contribution in [-0.2, 0) is 14.8 Å². The summed E-state index contributed by atoms with van der Waals surface area (Å²) in [6.45, 7) is 5.11. The second kappa shape index (κ2) is 10.1. The zero-order chi connectivity index (χ0) is 25.3. The monoisotopic (exact) mass is 536 g/mol. The van der Waals surface area contributed by atoms with Crippen molar-refractivity contribution in [1.29, 1.82) is 0 Å². The zero-order valence-electron chi connectivity index (χ0n) is 19.4. The number of amides is 1. The molecule has 2 aromatic carbocycles. The molecule has 3 heterocycles. The lowest BCUT2D eigenvalue weighted by Gasteiger charge is -2.16. The van der Waals surface area contributed by atoms with Crippen molar-refractivity contribution < 1.29 is 13.2 Å². The number of para-hydroxylation sites is 1. The summed E-state index contributed by atoms with van der Waals surface area (Å²) < 4.78 is 30.1. The molecule has 7 nitrogen and oxygen atoms in total. The number of carbonyl (C=O) groups is 1. The van der Waals surface area contributed by atoms with Crippen LogP contribution in [0.3, 0.4) is 0 Å². The number of thioether (sulfide) groups is 1. The van der Waals surface area contributed by atoms with Gasteiger partial charge in [0.25, 0.3) is 5.91 Å². The number of hydrogen-bond acceptors (Lipinski definition) is 6. The molecule has 1 amide bonds. The van der Waals surface area contributed by atoms with E-state index in [4.69, 9.17) is 17.3 Å². The number of nitrogens with zero attached hydrogens (tertiary/aromatic N) is 4. The summed E-state index contributed by atoms with van der Waals surface area (Å²) in [5.74, 6) is -0.186. The number of aromatic nitrogens is 2. The van der Waals surface area contributed by atoms with Crippen molar-refractivity contribution in [1.82, 2.24) is 19.0 Å². The average Bonchev–Trinajstić information content (AvgIpc) is 3.63. The number of carbonyl (C=O) groups excluding carboxylic acids is 1. The largest absolute Gasteiger partial charge is 0.289 e. The van der Waals surface area contributed by atoms with E-state index in [1.54, 1.807) is 35.0 Å². The molecule has 10 heteroatoms. The van der Waals surface area contributed by atoms with Gasteiger partial charge in [-0.25, -0.2) is 13.1 Å². The van der Waals surface area contributed by atoms with E-state index in [0.29, 0.717) is 45.7 Å². The highest BCUT2D eigenvalue weighted by molar-refractivity contribution is 8.26. The molecule has 0 aliphatic carbocycles. The molecular weight excluding hydrogens is 513 g/mol. The van der Waals surface area contributed by atoms with Crippen molar-refractivity contribution in [3.05, 3.63) is 83.9 Å². The molecule has 2 aliphatic rings. The van der Waals surface area contributed by atoms with E-state index in [-0.39, 0.29) is 10.8 Å². The first-order valence-electron chi connectivity index (χ1n) is 11.5. The predicted molar refractivity (Wildman–Crippen MR) is 147 cm³/mol. The zero-order valence-corrected chi connectivity index (χ0v) is 21.9. The van der Waals surface area contributed by atoms with Gasteiger partial charge in [-0.05, 0) is 43.2 Å². The quantitative estimate of drug-likeness (QED) is 0.247. The Kier molecular flexibility index (Phi) is 6.94. The SMILES string of the molecule is C=CCN1C(=O)/C(=C/c2cn(-c3ccccc3)nc2-c2cccc(S(=O)(=O)N3CCCC3)c2)SC1=S. The van der Waals surface area contributed by atoms with Gasteiger partial charge in [0.2, 0.25) is 10.0 Å². The molecular formula is C26H24N4O3S3. The number of benzene rings is 2. The third-order valence-electron chi connectivity index (χ3n) is 6.05. The second-order valence-corrected chi connectivity index (χ2v) is 12.0. The van der Waals surface area contributed by atoms with Crippen molar-refractivity contribution in [2.24, 2.45) is 0 Å². The van der Waals surface area contributed by atoms with Gasteiger partial charge < -0.3 is 0 Å². The lowest BCUT2D eigenvalue weighted by atomic mass is 10.1. The minimum absolute atomic E-state index is 0.186. The highest BCUT2D eigenvalue weighted by atomic mass is 32.2. The maximum absolute atomic E-state index is 13.2. The summed E-state index contributed by atoms with van der Waals surface area (Å²) in [4.78, 5) is 15.2. The smallest absolute Gasteiger partial charge is 0.266 e. The minimum atomic E-state index is -3.59. The van der Waals surface area contributed by atoms with Gasteiger partial charge in [0.1, 0.15) is 10.0 Å². The van der Waals surface area contributed by atoms with Crippen LogP contribution >= 0.6 is 24.0 Å². The molecule has 2 saturated heterocycles. The first-order chi connectivity index (χ1) is 17.4. The fourth-order valence-corrected chi connectivity index (χ4v) is 7.07. The standard InChI is InChI=1S/C26H24N4O3S3/c1-2-13-29-25(31)23(35-26(29)34)17-20-18-30(21-10-4-3-5-11-21)27-24(20)19-9-8-12-22(16-19)36(32,33)28-14-6-7-15-28/h2-5,8-12,16-18H,1,6-7,13-15H2/b23-17-. The third kappa shape index (κ3) is 4.69. The third-order valence-corrected chi connectivity index (χ3v) is 9.32. The van der Waals surface area contributed by atoms with Crippen LogP contribution in [0.2, 0.25) is 0 Å². The molecule has 0 atom stereocenters. The van der Waals surface area contributed by atoms with E-state index in [1.807, 2.05) is 42.6 Å². The Morgan fingerprint density at radius 2 is 1.83 bits per heavy atom. The van der Waals surface area contributed by atoms with Gasteiger partial charge in [0.15, 0.2) is 0 Å². The molecule has 0 spiro atoms. The topological polar surface area (TPSA) is 75.5 Å². The Morgan fingerprint density at radius 3 is 2.56 bits per heavy atom. The predicted octanol–water partition coefficient (Wildman–Crippen LogP) is 4.71. The van der Waals surface area contributed by atoms with Crippen LogP contribution in [0.25, 0.3) is 23.0 Å². The fraction of sp³-hybridized carbons (Fsp3) is 0.192. The Bertz CT molecular complexity index is 1470.